The predicted molar refractivity (Wildman–Crippen MR) is 65.6 cm³/mol. The third kappa shape index (κ3) is 4.29. The first kappa shape index (κ1) is 13.1. The second-order valence-electron chi connectivity index (χ2n) is 4.34. The van der Waals surface area contributed by atoms with Crippen LogP contribution in [-0.4, -0.2) is 24.0 Å². The van der Waals surface area contributed by atoms with Gasteiger partial charge in [-0.05, 0) is 51.1 Å². The molecule has 0 fully saturated rings. The summed E-state index contributed by atoms with van der Waals surface area (Å²) < 4.78 is 13.0. The third-order valence-corrected chi connectivity index (χ3v) is 2.65. The Morgan fingerprint density at radius 2 is 2.12 bits per heavy atom. The topological polar surface area (TPSA) is 29.3 Å². The van der Waals surface area contributed by atoms with Crippen molar-refractivity contribution < 1.29 is 4.39 Å². The van der Waals surface area contributed by atoms with Crippen molar-refractivity contribution in [3.05, 3.63) is 35.6 Å². The summed E-state index contributed by atoms with van der Waals surface area (Å²) in [5, 5.41) is 0. The van der Waals surface area contributed by atoms with Gasteiger partial charge >= 0.3 is 0 Å². The smallest absolute Gasteiger partial charge is 0.123 e. The maximum Gasteiger partial charge on any atom is 0.123 e. The summed E-state index contributed by atoms with van der Waals surface area (Å²) in [5.74, 6) is -0.167. The van der Waals surface area contributed by atoms with E-state index in [4.69, 9.17) is 5.73 Å². The number of rotatable bonds is 6. The van der Waals surface area contributed by atoms with Crippen LogP contribution >= 0.6 is 0 Å². The monoisotopic (exact) mass is 224 g/mol. The van der Waals surface area contributed by atoms with Gasteiger partial charge < -0.3 is 5.73 Å². The van der Waals surface area contributed by atoms with Crippen LogP contribution in [0.2, 0.25) is 0 Å². The lowest BCUT2D eigenvalue weighted by molar-refractivity contribution is 0.211. The second kappa shape index (κ2) is 6.61. The molecule has 0 saturated heterocycles. The summed E-state index contributed by atoms with van der Waals surface area (Å²) >= 11 is 0. The first-order valence-electron chi connectivity index (χ1n) is 5.82. The normalized spacial score (nSPS) is 11.4. The third-order valence-electron chi connectivity index (χ3n) is 2.65. The van der Waals surface area contributed by atoms with Crippen LogP contribution in [0.5, 0.6) is 0 Å². The van der Waals surface area contributed by atoms with Crippen LogP contribution in [0, 0.1) is 5.82 Å². The largest absolute Gasteiger partial charge is 0.330 e. The van der Waals surface area contributed by atoms with E-state index in [9.17, 15) is 4.39 Å². The lowest BCUT2D eigenvalue weighted by Crippen LogP contribution is -2.32. The molecule has 0 amide bonds. The van der Waals surface area contributed by atoms with E-state index in [0.717, 1.165) is 25.1 Å². The minimum absolute atomic E-state index is 0.167. The average Bonchev–Trinajstić information content (AvgIpc) is 2.24. The molecule has 0 aromatic heterocycles. The lowest BCUT2D eigenvalue weighted by atomic mass is 10.1. The van der Waals surface area contributed by atoms with E-state index in [0.29, 0.717) is 12.6 Å². The van der Waals surface area contributed by atoms with Crippen LogP contribution in [0.1, 0.15) is 25.8 Å². The highest BCUT2D eigenvalue weighted by atomic mass is 19.1. The molecule has 0 radical (unpaired) electrons. The van der Waals surface area contributed by atoms with Crippen molar-refractivity contribution in [2.24, 2.45) is 5.73 Å². The maximum atomic E-state index is 13.0. The van der Waals surface area contributed by atoms with Crippen molar-refractivity contribution in [1.82, 2.24) is 4.90 Å². The zero-order valence-electron chi connectivity index (χ0n) is 10.1. The maximum absolute atomic E-state index is 13.0. The average molecular weight is 224 g/mol. The summed E-state index contributed by atoms with van der Waals surface area (Å²) in [6.07, 6.45) is 0.980. The molecular weight excluding hydrogens is 203 g/mol. The van der Waals surface area contributed by atoms with Gasteiger partial charge in [0.1, 0.15) is 5.82 Å². The first-order chi connectivity index (χ1) is 7.63. The molecule has 2 N–H and O–H groups in total. The van der Waals surface area contributed by atoms with Crippen molar-refractivity contribution in [3.63, 3.8) is 0 Å². The molecule has 0 unspecified atom stereocenters. The molecule has 0 atom stereocenters. The zero-order valence-corrected chi connectivity index (χ0v) is 10.1. The number of halogens is 1. The molecule has 90 valence electrons. The number of benzene rings is 1. The van der Waals surface area contributed by atoms with Gasteiger partial charge in [-0.1, -0.05) is 12.1 Å². The Bertz CT molecular complexity index is 313. The van der Waals surface area contributed by atoms with Gasteiger partial charge in [0, 0.05) is 12.6 Å². The van der Waals surface area contributed by atoms with Crippen molar-refractivity contribution in [3.8, 4) is 0 Å². The molecule has 3 heteroatoms. The lowest BCUT2D eigenvalue weighted by Gasteiger charge is -2.26. The SMILES string of the molecule is CC(C)N(CCCN)Cc1cccc(F)c1. The summed E-state index contributed by atoms with van der Waals surface area (Å²) in [6, 6.07) is 7.24. The molecule has 1 rings (SSSR count). The molecule has 1 aromatic rings. The van der Waals surface area contributed by atoms with Gasteiger partial charge in [-0.3, -0.25) is 4.90 Å². The van der Waals surface area contributed by atoms with Crippen LogP contribution in [0.25, 0.3) is 0 Å². The Morgan fingerprint density at radius 1 is 1.38 bits per heavy atom. The van der Waals surface area contributed by atoms with E-state index in [1.807, 2.05) is 6.07 Å². The van der Waals surface area contributed by atoms with Gasteiger partial charge in [-0.15, -0.1) is 0 Å². The van der Waals surface area contributed by atoms with E-state index in [2.05, 4.69) is 18.7 Å². The Labute approximate surface area is 97.3 Å². The first-order valence-corrected chi connectivity index (χ1v) is 5.82. The van der Waals surface area contributed by atoms with E-state index in [-0.39, 0.29) is 5.82 Å². The van der Waals surface area contributed by atoms with E-state index >= 15 is 0 Å². The number of nitrogens with two attached hydrogens (primary N) is 1. The Morgan fingerprint density at radius 3 is 2.69 bits per heavy atom. The van der Waals surface area contributed by atoms with Crippen molar-refractivity contribution in [2.45, 2.75) is 32.9 Å². The van der Waals surface area contributed by atoms with Crippen LogP contribution in [-0.2, 0) is 6.54 Å². The van der Waals surface area contributed by atoms with E-state index in [1.54, 1.807) is 12.1 Å². The van der Waals surface area contributed by atoms with Crippen LogP contribution in [0.4, 0.5) is 4.39 Å². The highest BCUT2D eigenvalue weighted by molar-refractivity contribution is 5.16. The predicted octanol–water partition coefficient (Wildman–Crippen LogP) is 2.38. The highest BCUT2D eigenvalue weighted by Gasteiger charge is 2.09. The fourth-order valence-electron chi connectivity index (χ4n) is 1.68. The Kier molecular flexibility index (Phi) is 5.43. The standard InChI is InChI=1S/C13H21FN2/c1-11(2)16(8-4-7-15)10-12-5-3-6-13(14)9-12/h3,5-6,9,11H,4,7-8,10,15H2,1-2H3. The van der Waals surface area contributed by atoms with Crippen molar-refractivity contribution >= 4 is 0 Å². The zero-order chi connectivity index (χ0) is 12.0. The molecule has 0 heterocycles. The quantitative estimate of drug-likeness (QED) is 0.804. The van der Waals surface area contributed by atoms with Gasteiger partial charge in [0.05, 0.1) is 0 Å². The van der Waals surface area contributed by atoms with Gasteiger partial charge in [-0.2, -0.15) is 0 Å². The highest BCUT2D eigenvalue weighted by Crippen LogP contribution is 2.10. The molecular formula is C13H21FN2. The van der Waals surface area contributed by atoms with E-state index < -0.39 is 0 Å². The molecule has 0 bridgehead atoms. The molecule has 1 aromatic carbocycles. The van der Waals surface area contributed by atoms with Gasteiger partial charge in [0.25, 0.3) is 0 Å². The number of hydrogen-bond donors (Lipinski definition) is 1. The molecule has 2 nitrogen and oxygen atoms in total. The molecule has 0 aliphatic heterocycles. The van der Waals surface area contributed by atoms with Crippen LogP contribution in [0.3, 0.4) is 0 Å². The summed E-state index contributed by atoms with van der Waals surface area (Å²) in [4.78, 5) is 2.31. The summed E-state index contributed by atoms with van der Waals surface area (Å²) in [6.45, 7) is 6.75. The van der Waals surface area contributed by atoms with Crippen molar-refractivity contribution in [2.75, 3.05) is 13.1 Å². The Hall–Kier alpha value is -0.930. The summed E-state index contributed by atoms with van der Waals surface area (Å²) in [7, 11) is 0. The van der Waals surface area contributed by atoms with E-state index in [1.165, 1.54) is 6.07 Å². The van der Waals surface area contributed by atoms with Crippen LogP contribution in [0.15, 0.2) is 24.3 Å². The van der Waals surface area contributed by atoms with Gasteiger partial charge in [0.15, 0.2) is 0 Å². The second-order valence-corrected chi connectivity index (χ2v) is 4.34. The Balaban J connectivity index is 2.60. The molecule has 16 heavy (non-hydrogen) atoms. The molecule has 0 saturated carbocycles. The van der Waals surface area contributed by atoms with Gasteiger partial charge in [-0.25, -0.2) is 4.39 Å². The van der Waals surface area contributed by atoms with Gasteiger partial charge in [0.2, 0.25) is 0 Å². The fraction of sp³-hybridized carbons (Fsp3) is 0.538. The summed E-state index contributed by atoms with van der Waals surface area (Å²) in [5.41, 5.74) is 6.53. The van der Waals surface area contributed by atoms with Crippen LogP contribution < -0.4 is 5.73 Å². The fourth-order valence-corrected chi connectivity index (χ4v) is 1.68. The molecule has 0 aliphatic carbocycles. The number of hydrogen-bond acceptors (Lipinski definition) is 2. The molecule has 0 aliphatic rings. The van der Waals surface area contributed by atoms with Crippen molar-refractivity contribution in [1.29, 1.82) is 0 Å². The molecule has 0 spiro atoms. The minimum atomic E-state index is -0.167. The minimum Gasteiger partial charge on any atom is -0.330 e. The number of nitrogens with zero attached hydrogens (tertiary/aromatic N) is 1.